The molecule has 9 rings (SSSR count). The largest absolute Gasteiger partial charge is 0.463 e. The highest BCUT2D eigenvalue weighted by Crippen LogP contribution is 2.44. The zero-order chi connectivity index (χ0) is 87.3. The van der Waals surface area contributed by atoms with Crippen LogP contribution in [-0.2, 0) is 195 Å². The number of rotatable bonds is 40. The van der Waals surface area contributed by atoms with Gasteiger partial charge in [0.25, 0.3) is 0 Å². The van der Waals surface area contributed by atoms with E-state index in [0.29, 0.717) is 0 Å². The van der Waals surface area contributed by atoms with E-state index in [0.717, 1.165) is 48.5 Å². The summed E-state index contributed by atoms with van der Waals surface area (Å²) in [5.74, 6) is -7.62. The van der Waals surface area contributed by atoms with Crippen LogP contribution in [0.3, 0.4) is 0 Å². The molecule has 8 aliphatic rings. The van der Waals surface area contributed by atoms with E-state index in [2.05, 4.69) is 10.0 Å². The van der Waals surface area contributed by atoms with Gasteiger partial charge in [0, 0.05) is 139 Å². The molecular weight excluding hydrogens is 1610 g/mol. The highest BCUT2D eigenvalue weighted by atomic mass is 16.8. The van der Waals surface area contributed by atoms with Crippen molar-refractivity contribution in [3.63, 3.8) is 0 Å². The molecule has 8 heterocycles. The Labute approximate surface area is 691 Å². The highest BCUT2D eigenvalue weighted by Gasteiger charge is 2.63. The Morgan fingerprint density at radius 3 is 0.925 bits per heavy atom. The summed E-state index contributed by atoms with van der Waals surface area (Å²) in [5.41, 5.74) is 9.58. The quantitative estimate of drug-likeness (QED) is 0.0270. The van der Waals surface area contributed by atoms with Gasteiger partial charge in [-0.25, -0.2) is 4.79 Å². The van der Waals surface area contributed by atoms with Crippen molar-refractivity contribution in [2.24, 2.45) is 5.11 Å². The van der Waals surface area contributed by atoms with E-state index in [1.54, 1.807) is 18.2 Å². The molecule has 0 aliphatic carbocycles. The molecule has 35 atom stereocenters. The van der Waals surface area contributed by atoms with Crippen molar-refractivity contribution in [3.05, 3.63) is 46.3 Å². The van der Waals surface area contributed by atoms with E-state index in [-0.39, 0.29) is 32.0 Å². The van der Waals surface area contributed by atoms with Gasteiger partial charge in [0.2, 0.25) is 0 Å². The topological polar surface area (TPSA) is 499 Å². The molecule has 678 valence electrons. The third kappa shape index (κ3) is 23.6. The average molecular weight is 1730 g/mol. The number of hydrogen-bond acceptors (Lipinski definition) is 43. The summed E-state index contributed by atoms with van der Waals surface area (Å²) in [6, 6.07) is 6.96. The molecule has 0 amide bonds. The van der Waals surface area contributed by atoms with Crippen LogP contribution in [0.4, 0.5) is 0 Å². The molecule has 1 aromatic rings. The molecule has 0 aromatic heterocycles. The second kappa shape index (κ2) is 46.3. The van der Waals surface area contributed by atoms with Gasteiger partial charge < -0.3 is 161 Å². The van der Waals surface area contributed by atoms with Crippen LogP contribution in [0.5, 0.6) is 0 Å². The fourth-order valence-corrected chi connectivity index (χ4v) is 15.8. The number of benzene rings is 1. The molecule has 0 spiro atoms. The minimum atomic E-state index is -2.02. The Kier molecular flexibility index (Phi) is 37.4. The number of methoxy groups -OCH3 is 12. The number of carbonyl (C=O) groups excluding carboxylic acids is 8. The standard InChI is InChI=1S/C75H111N3O42/c1-32(79)99-28-43-53(103-34(3)81)60(104-35(4)82)66(106-37(6)84)75(113-43)120-54-44(29-100-33(2)80)114-74(67(107-38(7)85)61(54)105-36(5)83)119-52-45(30-101-68(86)39-23-21-20-22-24-39)112-73(65(98-19)59(52)94-15)118-51-42(27-89-10)111-72(64(97-18)58(51)93-14)117-50-41(26-88-9)110-71(63(96-17)57(50)92-13)116-49-40(25-87-8)109-70(62(95-16)56(49)91-12)115-48-46-31-102-69(108-46)47(77-78-76)55(48)90-11/h20-24,40-67,69-75H,25-31H2,1-19H3/t40-,41-,42?,43-,44-,45?,46?,47?,48-,49+,50+,51+,52+,53+,54+,55-,56?,57?,58-,59-,60?,61?,62?,63?,64?,65?,66?,67?,69+,70-,71+,72-,73-,74-,75+/m0/s1. The first-order valence-electron chi connectivity index (χ1n) is 38.4. The molecule has 8 fully saturated rings. The van der Waals surface area contributed by atoms with Gasteiger partial charge in [0.15, 0.2) is 74.6 Å². The van der Waals surface area contributed by atoms with Gasteiger partial charge in [0.05, 0.1) is 38.1 Å². The molecule has 0 N–H and O–H groups in total. The molecule has 0 saturated carbocycles. The molecule has 120 heavy (non-hydrogen) atoms. The summed E-state index contributed by atoms with van der Waals surface area (Å²) >= 11 is 0. The summed E-state index contributed by atoms with van der Waals surface area (Å²) < 4.78 is 212. The molecule has 1 aromatic carbocycles. The summed E-state index contributed by atoms with van der Waals surface area (Å²) in [4.78, 5) is 108. The van der Waals surface area contributed by atoms with Gasteiger partial charge in [-0.3, -0.25) is 33.6 Å². The zero-order valence-electron chi connectivity index (χ0n) is 70.0. The third-order valence-corrected chi connectivity index (χ3v) is 20.8. The van der Waals surface area contributed by atoms with Crippen LogP contribution in [0.1, 0.15) is 58.8 Å². The Bertz CT molecular complexity index is 3500. The second-order valence-corrected chi connectivity index (χ2v) is 28.5. The van der Waals surface area contributed by atoms with Crippen LogP contribution in [0.2, 0.25) is 0 Å². The maximum atomic E-state index is 14.1. The molecule has 8 aliphatic heterocycles. The lowest BCUT2D eigenvalue weighted by Gasteiger charge is -2.52. The lowest BCUT2D eigenvalue weighted by atomic mass is 9.94. The van der Waals surface area contributed by atoms with E-state index in [9.17, 15) is 43.9 Å². The second-order valence-electron chi connectivity index (χ2n) is 28.5. The zero-order valence-corrected chi connectivity index (χ0v) is 70.0. The van der Waals surface area contributed by atoms with Crippen molar-refractivity contribution in [2.75, 3.05) is 132 Å². The van der Waals surface area contributed by atoms with Crippen molar-refractivity contribution in [3.8, 4) is 0 Å². The SMILES string of the molecule is COCC1O[C@@H](O[C@H]2C(OC)C(OC)[C@@H](O[C@H]3C(OC)C(OC)[C@H](O[C@H]4C5CO[C@H](O5)C(N=[N+]=[N-])[C@@H]4OC)O[C@H]3COC)O[C@H]2COC)C(OC)[C@@H](OC)[C@@H]1O[C@@H]1OC(COC(=O)c2ccccc2)[C@@H](O[C@@H]2O[C@@H](COC(C)=O)[C@@H](O[C@H]3O[C@@H](COC(C)=O)[C@@H](OC(C)=O)C(OC(C)=O)C3OC(C)=O)C(OC(C)=O)C2OC(C)=O)[C@H](OC)C1OC. The monoisotopic (exact) mass is 1730 g/mol. The van der Waals surface area contributed by atoms with Crippen LogP contribution in [-0.4, -0.2) is 394 Å². The molecule has 0 radical (unpaired) electrons. The summed E-state index contributed by atoms with van der Waals surface area (Å²) in [7, 11) is 16.8. The van der Waals surface area contributed by atoms with Crippen LogP contribution in [0.25, 0.3) is 10.4 Å². The number of carbonyl (C=O) groups is 8. The molecular formula is C75H111N3O42. The average Bonchev–Trinajstić information content (AvgIpc) is 1.11. The van der Waals surface area contributed by atoms with Gasteiger partial charge in [0.1, 0.15) is 154 Å². The van der Waals surface area contributed by atoms with Gasteiger partial charge >= 0.3 is 47.8 Å². The predicted molar refractivity (Wildman–Crippen MR) is 389 cm³/mol. The number of ether oxygens (including phenoxy) is 34. The number of azide groups is 1. The first-order valence-corrected chi connectivity index (χ1v) is 38.4. The molecule has 2 bridgehead atoms. The summed E-state index contributed by atoms with van der Waals surface area (Å²) in [5, 5.41) is 3.90. The summed E-state index contributed by atoms with van der Waals surface area (Å²) in [6.07, 6.45) is -46.7. The summed E-state index contributed by atoms with van der Waals surface area (Å²) in [6.45, 7) is 4.53. The highest BCUT2D eigenvalue weighted by molar-refractivity contribution is 5.89. The van der Waals surface area contributed by atoms with Crippen molar-refractivity contribution in [1.82, 2.24) is 0 Å². The third-order valence-electron chi connectivity index (χ3n) is 20.8. The number of nitrogens with zero attached hydrogens (tertiary/aromatic N) is 3. The number of hydrogen-bond donors (Lipinski definition) is 0. The molecule has 45 heteroatoms. The number of fused-ring (bicyclic) bond motifs is 2. The van der Waals surface area contributed by atoms with Gasteiger partial charge in [-0.05, 0) is 17.7 Å². The van der Waals surface area contributed by atoms with Crippen molar-refractivity contribution in [2.45, 2.75) is 263 Å². The molecule has 8 saturated heterocycles. The van der Waals surface area contributed by atoms with E-state index in [1.807, 2.05) is 0 Å². The maximum Gasteiger partial charge on any atom is 0.338 e. The fourth-order valence-electron chi connectivity index (χ4n) is 15.8. The van der Waals surface area contributed by atoms with Crippen LogP contribution >= 0.6 is 0 Å². The van der Waals surface area contributed by atoms with Crippen LogP contribution < -0.4 is 0 Å². The van der Waals surface area contributed by atoms with E-state index >= 15 is 0 Å². The van der Waals surface area contributed by atoms with Crippen molar-refractivity contribution < 1.29 is 199 Å². The first kappa shape index (κ1) is 97.1. The van der Waals surface area contributed by atoms with Crippen molar-refractivity contribution >= 4 is 47.8 Å². The normalized spacial score (nSPS) is 38.6. The van der Waals surface area contributed by atoms with Crippen LogP contribution in [0, 0.1) is 0 Å². The van der Waals surface area contributed by atoms with E-state index in [1.165, 1.54) is 97.5 Å². The van der Waals surface area contributed by atoms with Gasteiger partial charge in [-0.2, -0.15) is 0 Å². The Morgan fingerprint density at radius 2 is 0.608 bits per heavy atom. The minimum Gasteiger partial charge on any atom is -0.463 e. The number of esters is 8. The Hall–Kier alpha value is -6.75. The molecule has 45 nitrogen and oxygen atoms in total. The first-order chi connectivity index (χ1) is 57.6. The lowest BCUT2D eigenvalue weighted by molar-refractivity contribution is -0.402. The lowest BCUT2D eigenvalue weighted by Crippen LogP contribution is -2.69. The Balaban J connectivity index is 1.01. The minimum absolute atomic E-state index is 0.0783. The van der Waals surface area contributed by atoms with E-state index < -0.39 is 282 Å². The fraction of sp³-hybridized carbons (Fsp3) is 0.813. The Morgan fingerprint density at radius 1 is 0.325 bits per heavy atom. The van der Waals surface area contributed by atoms with Crippen LogP contribution in [0.15, 0.2) is 35.4 Å². The smallest absolute Gasteiger partial charge is 0.338 e. The van der Waals surface area contributed by atoms with E-state index in [4.69, 9.17) is 161 Å². The maximum absolute atomic E-state index is 14.1. The van der Waals surface area contributed by atoms with Crippen molar-refractivity contribution in [1.29, 1.82) is 0 Å². The predicted octanol–water partition coefficient (Wildman–Crippen LogP) is -0.203. The van der Waals surface area contributed by atoms with Gasteiger partial charge in [-0.1, -0.05) is 23.3 Å². The van der Waals surface area contributed by atoms with Gasteiger partial charge in [-0.15, -0.1) is 0 Å². The molecule has 14 unspecified atom stereocenters.